The maximum Gasteiger partial charge on any atom is 0.342 e. The normalized spacial score (nSPS) is 10.4. The summed E-state index contributed by atoms with van der Waals surface area (Å²) in [4.78, 5) is 25.0. The number of esters is 1. The number of anilines is 1. The molecule has 158 valence electrons. The number of thiophene rings is 1. The van der Waals surface area contributed by atoms with E-state index < -0.39 is 24.3 Å². The molecule has 0 unspecified atom stereocenters. The van der Waals surface area contributed by atoms with Crippen molar-refractivity contribution in [3.8, 4) is 23.0 Å². The molecule has 4 aromatic rings. The molecule has 2 heterocycles. The van der Waals surface area contributed by atoms with Crippen molar-refractivity contribution in [1.29, 1.82) is 5.26 Å². The summed E-state index contributed by atoms with van der Waals surface area (Å²) in [5, 5.41) is 18.1. The molecular weight excluding hydrogens is 431 g/mol. The lowest BCUT2D eigenvalue weighted by atomic mass is 10.1. The summed E-state index contributed by atoms with van der Waals surface area (Å²) in [5.74, 6) is -1.74. The summed E-state index contributed by atoms with van der Waals surface area (Å²) < 4.78 is 20.1. The first-order valence-corrected chi connectivity index (χ1v) is 10.3. The molecule has 2 aromatic heterocycles. The Morgan fingerprint density at radius 3 is 2.59 bits per heavy atom. The van der Waals surface area contributed by atoms with Crippen LogP contribution in [0.2, 0.25) is 0 Å². The minimum absolute atomic E-state index is 0.127. The van der Waals surface area contributed by atoms with E-state index in [-0.39, 0.29) is 5.56 Å². The van der Waals surface area contributed by atoms with Gasteiger partial charge >= 0.3 is 5.97 Å². The van der Waals surface area contributed by atoms with Crippen LogP contribution >= 0.6 is 11.3 Å². The van der Waals surface area contributed by atoms with Crippen LogP contribution in [-0.4, -0.2) is 28.3 Å². The number of halogens is 1. The molecule has 32 heavy (non-hydrogen) atoms. The first kappa shape index (κ1) is 21.0. The Morgan fingerprint density at radius 2 is 1.88 bits per heavy atom. The SMILES string of the molecule is N#Cc1ccsc1NC(=O)COC(=O)c1cn(-c2ccccc2)nc1-c1ccc(F)cc1. The van der Waals surface area contributed by atoms with E-state index in [9.17, 15) is 14.0 Å². The van der Waals surface area contributed by atoms with Gasteiger partial charge in [-0.15, -0.1) is 11.3 Å². The standard InChI is InChI=1S/C23H15FN4O3S/c24-17-8-6-15(7-9-17)21-19(13-28(27-21)18-4-2-1-3-5-18)23(30)31-14-20(29)26-22-16(12-25)10-11-32-22/h1-11,13H,14H2,(H,26,29). The van der Waals surface area contributed by atoms with Crippen LogP contribution in [0.5, 0.6) is 0 Å². The van der Waals surface area contributed by atoms with Crippen LogP contribution in [0.3, 0.4) is 0 Å². The molecule has 0 saturated heterocycles. The smallest absolute Gasteiger partial charge is 0.342 e. The number of benzene rings is 2. The van der Waals surface area contributed by atoms with Gasteiger partial charge < -0.3 is 10.1 Å². The largest absolute Gasteiger partial charge is 0.452 e. The van der Waals surface area contributed by atoms with Crippen molar-refractivity contribution >= 4 is 28.2 Å². The van der Waals surface area contributed by atoms with Crippen LogP contribution in [0.4, 0.5) is 9.39 Å². The van der Waals surface area contributed by atoms with Gasteiger partial charge in [0.15, 0.2) is 6.61 Å². The van der Waals surface area contributed by atoms with Gasteiger partial charge in [-0.3, -0.25) is 4.79 Å². The monoisotopic (exact) mass is 446 g/mol. The molecule has 0 spiro atoms. The second kappa shape index (κ2) is 9.24. The lowest BCUT2D eigenvalue weighted by molar-refractivity contribution is -0.119. The van der Waals surface area contributed by atoms with Gasteiger partial charge in [0, 0.05) is 11.8 Å². The Bertz CT molecular complexity index is 1310. The fraction of sp³-hybridized carbons (Fsp3) is 0.0435. The summed E-state index contributed by atoms with van der Waals surface area (Å²) in [6.07, 6.45) is 1.50. The van der Waals surface area contributed by atoms with Crippen LogP contribution < -0.4 is 5.32 Å². The number of hydrogen-bond donors (Lipinski definition) is 1. The number of aromatic nitrogens is 2. The zero-order valence-electron chi connectivity index (χ0n) is 16.5. The summed E-state index contributed by atoms with van der Waals surface area (Å²) in [6.45, 7) is -0.541. The van der Waals surface area contributed by atoms with E-state index in [1.54, 1.807) is 11.4 Å². The third-order valence-corrected chi connectivity index (χ3v) is 5.28. The number of carbonyl (C=O) groups is 2. The van der Waals surface area contributed by atoms with E-state index >= 15 is 0 Å². The number of nitrogens with one attached hydrogen (secondary N) is 1. The molecule has 1 amide bonds. The van der Waals surface area contributed by atoms with Crippen molar-refractivity contribution in [3.05, 3.63) is 89.2 Å². The zero-order chi connectivity index (χ0) is 22.5. The highest BCUT2D eigenvalue weighted by atomic mass is 32.1. The molecule has 0 aliphatic rings. The zero-order valence-corrected chi connectivity index (χ0v) is 17.3. The van der Waals surface area contributed by atoms with Gasteiger partial charge in [-0.1, -0.05) is 18.2 Å². The second-order valence-electron chi connectivity index (χ2n) is 6.58. The van der Waals surface area contributed by atoms with Gasteiger partial charge in [0.25, 0.3) is 5.91 Å². The summed E-state index contributed by atoms with van der Waals surface area (Å²) in [5.41, 5.74) is 1.99. The fourth-order valence-electron chi connectivity index (χ4n) is 2.92. The lowest BCUT2D eigenvalue weighted by Gasteiger charge is -2.06. The van der Waals surface area contributed by atoms with E-state index in [1.807, 2.05) is 36.4 Å². The molecule has 0 fully saturated rings. The molecule has 0 aliphatic carbocycles. The molecule has 0 aliphatic heterocycles. The number of para-hydroxylation sites is 1. The molecular formula is C23H15FN4O3S. The number of nitrogens with zero attached hydrogens (tertiary/aromatic N) is 3. The second-order valence-corrected chi connectivity index (χ2v) is 7.49. The third-order valence-electron chi connectivity index (χ3n) is 4.45. The number of carbonyl (C=O) groups excluding carboxylic acids is 2. The van der Waals surface area contributed by atoms with E-state index in [0.29, 0.717) is 21.8 Å². The molecule has 0 radical (unpaired) electrons. The number of amides is 1. The molecule has 1 N–H and O–H groups in total. The molecule has 4 rings (SSSR count). The highest BCUT2D eigenvalue weighted by molar-refractivity contribution is 7.14. The maximum atomic E-state index is 13.4. The quantitative estimate of drug-likeness (QED) is 0.443. The van der Waals surface area contributed by atoms with Crippen LogP contribution in [0.15, 0.2) is 72.2 Å². The third kappa shape index (κ3) is 4.55. The molecule has 7 nitrogen and oxygen atoms in total. The Balaban J connectivity index is 1.56. The molecule has 0 bridgehead atoms. The summed E-state index contributed by atoms with van der Waals surface area (Å²) in [6, 6.07) is 18.3. The molecule has 2 aromatic carbocycles. The van der Waals surface area contributed by atoms with Crippen LogP contribution in [-0.2, 0) is 9.53 Å². The van der Waals surface area contributed by atoms with Crippen molar-refractivity contribution in [2.75, 3.05) is 11.9 Å². The minimum Gasteiger partial charge on any atom is -0.452 e. The minimum atomic E-state index is -0.756. The average Bonchev–Trinajstić information content (AvgIpc) is 3.46. The van der Waals surface area contributed by atoms with Gasteiger partial charge in [-0.25, -0.2) is 13.9 Å². The topological polar surface area (TPSA) is 97.0 Å². The summed E-state index contributed by atoms with van der Waals surface area (Å²) in [7, 11) is 0. The highest BCUT2D eigenvalue weighted by Gasteiger charge is 2.21. The first-order valence-electron chi connectivity index (χ1n) is 9.41. The van der Waals surface area contributed by atoms with Gasteiger partial charge in [0.05, 0.1) is 11.3 Å². The Labute approximate surface area is 186 Å². The number of ether oxygens (including phenoxy) is 1. The first-order chi connectivity index (χ1) is 15.5. The van der Waals surface area contributed by atoms with E-state index in [4.69, 9.17) is 10.00 Å². The van der Waals surface area contributed by atoms with Crippen LogP contribution in [0.1, 0.15) is 15.9 Å². The Kier molecular flexibility index (Phi) is 6.05. The van der Waals surface area contributed by atoms with E-state index in [0.717, 1.165) is 5.69 Å². The van der Waals surface area contributed by atoms with Gasteiger partial charge in [0.2, 0.25) is 0 Å². The predicted molar refractivity (Wildman–Crippen MR) is 117 cm³/mol. The summed E-state index contributed by atoms with van der Waals surface area (Å²) >= 11 is 1.20. The van der Waals surface area contributed by atoms with Crippen LogP contribution in [0.25, 0.3) is 16.9 Å². The average molecular weight is 446 g/mol. The van der Waals surface area contributed by atoms with Crippen molar-refractivity contribution in [3.63, 3.8) is 0 Å². The van der Waals surface area contributed by atoms with Gasteiger partial charge in [-0.05, 0) is 47.8 Å². The number of hydrogen-bond acceptors (Lipinski definition) is 6. The van der Waals surface area contributed by atoms with Crippen LogP contribution in [0, 0.1) is 17.1 Å². The molecule has 0 atom stereocenters. The lowest BCUT2D eigenvalue weighted by Crippen LogP contribution is -2.21. The Hall–Kier alpha value is -4.29. The number of rotatable bonds is 6. The van der Waals surface area contributed by atoms with E-state index in [2.05, 4.69) is 10.4 Å². The van der Waals surface area contributed by atoms with Crippen molar-refractivity contribution < 1.29 is 18.7 Å². The maximum absolute atomic E-state index is 13.4. The fourth-order valence-corrected chi connectivity index (χ4v) is 3.68. The van der Waals surface area contributed by atoms with Crippen molar-refractivity contribution in [1.82, 2.24) is 9.78 Å². The van der Waals surface area contributed by atoms with Gasteiger partial charge in [-0.2, -0.15) is 10.4 Å². The van der Waals surface area contributed by atoms with Gasteiger partial charge in [0.1, 0.15) is 28.1 Å². The predicted octanol–water partition coefficient (Wildman–Crippen LogP) is 4.41. The van der Waals surface area contributed by atoms with E-state index in [1.165, 1.54) is 46.5 Å². The van der Waals surface area contributed by atoms with Crippen molar-refractivity contribution in [2.45, 2.75) is 0 Å². The number of nitriles is 1. The molecule has 9 heteroatoms. The van der Waals surface area contributed by atoms with Crippen molar-refractivity contribution in [2.24, 2.45) is 0 Å². The highest BCUT2D eigenvalue weighted by Crippen LogP contribution is 2.25. The molecule has 0 saturated carbocycles. The Morgan fingerprint density at radius 1 is 1.12 bits per heavy atom.